The van der Waals surface area contributed by atoms with E-state index in [1.54, 1.807) is 0 Å². The van der Waals surface area contributed by atoms with Gasteiger partial charge in [0.1, 0.15) is 23.8 Å². The van der Waals surface area contributed by atoms with E-state index in [1.807, 2.05) is 31.2 Å². The molecule has 0 aliphatic carbocycles. The van der Waals surface area contributed by atoms with Crippen LogP contribution in [0.25, 0.3) is 11.3 Å². The molecule has 3 rings (SSSR count). The third kappa shape index (κ3) is 1.70. The number of nitrogens with two attached hydrogens (primary N) is 1. The Morgan fingerprint density at radius 3 is 3.06 bits per heavy atom. The maximum atomic E-state index is 5.90. The fraction of sp³-hybridized carbons (Fsp3) is 0.308. The normalized spacial score (nSPS) is 17.9. The second kappa shape index (κ2) is 3.89. The van der Waals surface area contributed by atoms with Crippen LogP contribution in [-0.4, -0.2) is 11.8 Å². The number of hydrogen-bond donors (Lipinski definition) is 1. The largest absolute Gasteiger partial charge is 0.491 e. The van der Waals surface area contributed by atoms with Gasteiger partial charge < -0.3 is 15.0 Å². The molecule has 1 atom stereocenters. The van der Waals surface area contributed by atoms with Crippen molar-refractivity contribution in [2.75, 3.05) is 6.61 Å². The summed E-state index contributed by atoms with van der Waals surface area (Å²) in [6.07, 6.45) is 0.847. The minimum atomic E-state index is -0.0115. The molecule has 2 heterocycles. The highest BCUT2D eigenvalue weighted by atomic mass is 16.5. The highest BCUT2D eigenvalue weighted by Crippen LogP contribution is 2.34. The lowest BCUT2D eigenvalue weighted by Crippen LogP contribution is -2.10. The molecule has 0 bridgehead atoms. The zero-order valence-corrected chi connectivity index (χ0v) is 9.64. The zero-order chi connectivity index (χ0) is 11.8. The molecule has 2 aromatic rings. The van der Waals surface area contributed by atoms with E-state index in [-0.39, 0.29) is 6.04 Å². The van der Waals surface area contributed by atoms with E-state index in [0.29, 0.717) is 6.61 Å². The molecule has 1 aliphatic rings. The first-order valence-electron chi connectivity index (χ1n) is 5.76. The summed E-state index contributed by atoms with van der Waals surface area (Å²) in [7, 11) is 0. The van der Waals surface area contributed by atoms with Gasteiger partial charge in [-0.3, -0.25) is 0 Å². The van der Waals surface area contributed by atoms with Gasteiger partial charge >= 0.3 is 0 Å². The molecule has 0 amide bonds. The summed E-state index contributed by atoms with van der Waals surface area (Å²) in [6, 6.07) is 7.92. The van der Waals surface area contributed by atoms with Gasteiger partial charge in [-0.2, -0.15) is 0 Å². The van der Waals surface area contributed by atoms with E-state index in [9.17, 15) is 0 Å². The van der Waals surface area contributed by atoms with Crippen molar-refractivity contribution in [1.29, 1.82) is 0 Å². The van der Waals surface area contributed by atoms with Gasteiger partial charge in [-0.25, -0.2) is 0 Å². The number of fused-ring (bicyclic) bond motifs is 1. The molecule has 88 valence electrons. The van der Waals surface area contributed by atoms with Crippen molar-refractivity contribution < 1.29 is 9.26 Å². The van der Waals surface area contributed by atoms with E-state index >= 15 is 0 Å². The van der Waals surface area contributed by atoms with Crippen LogP contribution in [0, 0.1) is 0 Å². The lowest BCUT2D eigenvalue weighted by molar-refractivity contribution is 0.333. The molecule has 1 aromatic heterocycles. The van der Waals surface area contributed by atoms with Crippen LogP contribution in [0.15, 0.2) is 28.8 Å². The molecule has 0 radical (unpaired) electrons. The third-order valence-corrected chi connectivity index (χ3v) is 3.03. The Hall–Kier alpha value is -1.81. The Labute approximate surface area is 99.4 Å². The molecule has 0 saturated heterocycles. The van der Waals surface area contributed by atoms with Crippen molar-refractivity contribution in [3.63, 3.8) is 0 Å². The van der Waals surface area contributed by atoms with Crippen molar-refractivity contribution in [2.24, 2.45) is 5.73 Å². The SMILES string of the molecule is CCc1cc(-c2ccc3c(c2)OC[C@H]3N)no1. The summed E-state index contributed by atoms with van der Waals surface area (Å²) >= 11 is 0. The van der Waals surface area contributed by atoms with Crippen molar-refractivity contribution in [3.05, 3.63) is 35.6 Å². The Balaban J connectivity index is 1.99. The van der Waals surface area contributed by atoms with Crippen molar-refractivity contribution >= 4 is 0 Å². The number of nitrogens with zero attached hydrogens (tertiary/aromatic N) is 1. The van der Waals surface area contributed by atoms with Gasteiger partial charge in [0.05, 0.1) is 6.04 Å². The summed E-state index contributed by atoms with van der Waals surface area (Å²) in [6.45, 7) is 2.59. The van der Waals surface area contributed by atoms with Crippen molar-refractivity contribution in [2.45, 2.75) is 19.4 Å². The quantitative estimate of drug-likeness (QED) is 0.859. The predicted octanol–water partition coefficient (Wildman–Crippen LogP) is 2.30. The van der Waals surface area contributed by atoms with E-state index in [4.69, 9.17) is 15.0 Å². The minimum Gasteiger partial charge on any atom is -0.491 e. The first-order valence-corrected chi connectivity index (χ1v) is 5.76. The average molecular weight is 230 g/mol. The Bertz CT molecular complexity index is 548. The number of benzene rings is 1. The number of ether oxygens (including phenoxy) is 1. The smallest absolute Gasteiger partial charge is 0.137 e. The second-order valence-corrected chi connectivity index (χ2v) is 4.20. The average Bonchev–Trinajstić information content (AvgIpc) is 2.96. The van der Waals surface area contributed by atoms with Gasteiger partial charge in [0, 0.05) is 23.6 Å². The maximum Gasteiger partial charge on any atom is 0.137 e. The van der Waals surface area contributed by atoms with Crippen LogP contribution < -0.4 is 10.5 Å². The van der Waals surface area contributed by atoms with Gasteiger partial charge in [0.25, 0.3) is 0 Å². The van der Waals surface area contributed by atoms with Gasteiger partial charge in [0.2, 0.25) is 0 Å². The van der Waals surface area contributed by atoms with E-state index in [1.165, 1.54) is 0 Å². The lowest BCUT2D eigenvalue weighted by Gasteiger charge is -2.02. The van der Waals surface area contributed by atoms with Crippen LogP contribution in [0.3, 0.4) is 0 Å². The molecule has 4 nitrogen and oxygen atoms in total. The topological polar surface area (TPSA) is 61.3 Å². The van der Waals surface area contributed by atoms with E-state index in [0.717, 1.165) is 34.8 Å². The molecule has 0 fully saturated rings. The minimum absolute atomic E-state index is 0.0115. The van der Waals surface area contributed by atoms with E-state index < -0.39 is 0 Å². The summed E-state index contributed by atoms with van der Waals surface area (Å²) in [5, 5.41) is 4.04. The highest BCUT2D eigenvalue weighted by molar-refractivity contribution is 5.63. The highest BCUT2D eigenvalue weighted by Gasteiger charge is 2.21. The Morgan fingerprint density at radius 1 is 1.41 bits per heavy atom. The standard InChI is InChI=1S/C13H14N2O2/c1-2-9-6-12(15-17-9)8-3-4-10-11(14)7-16-13(10)5-8/h3-6,11H,2,7,14H2,1H3/t11-/m1/s1. The van der Waals surface area contributed by atoms with Crippen LogP contribution >= 0.6 is 0 Å². The van der Waals surface area contributed by atoms with Crippen molar-refractivity contribution in [3.8, 4) is 17.0 Å². The van der Waals surface area contributed by atoms with Gasteiger partial charge in [-0.15, -0.1) is 0 Å². The number of aryl methyl sites for hydroxylation is 1. The summed E-state index contributed by atoms with van der Waals surface area (Å²) in [4.78, 5) is 0. The lowest BCUT2D eigenvalue weighted by atomic mass is 10.0. The van der Waals surface area contributed by atoms with Crippen LogP contribution in [-0.2, 0) is 6.42 Å². The molecule has 0 spiro atoms. The van der Waals surface area contributed by atoms with E-state index in [2.05, 4.69) is 5.16 Å². The molecular weight excluding hydrogens is 216 g/mol. The number of aromatic nitrogens is 1. The maximum absolute atomic E-state index is 5.90. The molecule has 0 saturated carbocycles. The second-order valence-electron chi connectivity index (χ2n) is 4.20. The summed E-state index contributed by atoms with van der Waals surface area (Å²) < 4.78 is 10.7. The monoisotopic (exact) mass is 230 g/mol. The first-order chi connectivity index (χ1) is 8.28. The van der Waals surface area contributed by atoms with Gasteiger partial charge in [-0.1, -0.05) is 24.2 Å². The van der Waals surface area contributed by atoms with Crippen LogP contribution in [0.5, 0.6) is 5.75 Å². The fourth-order valence-electron chi connectivity index (χ4n) is 2.01. The van der Waals surface area contributed by atoms with Gasteiger partial charge in [-0.05, 0) is 6.07 Å². The molecule has 0 unspecified atom stereocenters. The van der Waals surface area contributed by atoms with Crippen molar-refractivity contribution in [1.82, 2.24) is 5.16 Å². The van der Waals surface area contributed by atoms with Crippen LogP contribution in [0.2, 0.25) is 0 Å². The fourth-order valence-corrected chi connectivity index (χ4v) is 2.01. The van der Waals surface area contributed by atoms with Gasteiger partial charge in [0.15, 0.2) is 0 Å². The molecular formula is C13H14N2O2. The number of hydrogen-bond acceptors (Lipinski definition) is 4. The number of rotatable bonds is 2. The molecule has 17 heavy (non-hydrogen) atoms. The third-order valence-electron chi connectivity index (χ3n) is 3.03. The zero-order valence-electron chi connectivity index (χ0n) is 9.64. The molecule has 1 aromatic carbocycles. The summed E-state index contributed by atoms with van der Waals surface area (Å²) in [5.41, 5.74) is 8.81. The van der Waals surface area contributed by atoms with Crippen LogP contribution in [0.4, 0.5) is 0 Å². The molecule has 2 N–H and O–H groups in total. The summed E-state index contributed by atoms with van der Waals surface area (Å²) in [5.74, 6) is 1.74. The van der Waals surface area contributed by atoms with Crippen LogP contribution in [0.1, 0.15) is 24.3 Å². The molecule has 1 aliphatic heterocycles. The molecule has 4 heteroatoms. The Morgan fingerprint density at radius 2 is 2.29 bits per heavy atom. The first kappa shape index (κ1) is 10.4. The Kier molecular flexibility index (Phi) is 2.37. The predicted molar refractivity (Wildman–Crippen MR) is 63.7 cm³/mol.